The summed E-state index contributed by atoms with van der Waals surface area (Å²) in [5.41, 5.74) is 0. The van der Waals surface area contributed by atoms with E-state index in [0.29, 0.717) is 0 Å². The highest BCUT2D eigenvalue weighted by atomic mass is 16.8. The largest absolute Gasteiger partial charge is 0.394 e. The SMILES string of the molecule is CC1(C)OC(CO)C([C@@H]2OC(C)(C)OC2CO)O1. The Kier molecular flexibility index (Phi) is 3.70. The van der Waals surface area contributed by atoms with Gasteiger partial charge in [-0.1, -0.05) is 0 Å². The summed E-state index contributed by atoms with van der Waals surface area (Å²) < 4.78 is 22.7. The number of ether oxygens (including phenoxy) is 4. The second kappa shape index (κ2) is 4.70. The van der Waals surface area contributed by atoms with Gasteiger partial charge in [-0.3, -0.25) is 0 Å². The van der Waals surface area contributed by atoms with Gasteiger partial charge in [0, 0.05) is 0 Å². The molecule has 2 aliphatic rings. The summed E-state index contributed by atoms with van der Waals surface area (Å²) in [6, 6.07) is 0. The Morgan fingerprint density at radius 2 is 1.06 bits per heavy atom. The highest BCUT2D eigenvalue weighted by molar-refractivity contribution is 4.94. The summed E-state index contributed by atoms with van der Waals surface area (Å²) in [5.74, 6) is -1.54. The summed E-state index contributed by atoms with van der Waals surface area (Å²) >= 11 is 0. The smallest absolute Gasteiger partial charge is 0.164 e. The lowest BCUT2D eigenvalue weighted by Gasteiger charge is -2.24. The molecule has 0 saturated carbocycles. The van der Waals surface area contributed by atoms with Gasteiger partial charge >= 0.3 is 0 Å². The van der Waals surface area contributed by atoms with Crippen molar-refractivity contribution in [2.45, 2.75) is 63.7 Å². The molecule has 0 bridgehead atoms. The molecule has 0 aromatic carbocycles. The van der Waals surface area contributed by atoms with Gasteiger partial charge in [-0.15, -0.1) is 0 Å². The molecular formula is C12H22O6. The van der Waals surface area contributed by atoms with Crippen molar-refractivity contribution in [2.24, 2.45) is 0 Å². The molecule has 4 atom stereocenters. The summed E-state index contributed by atoms with van der Waals surface area (Å²) in [4.78, 5) is 0. The maximum Gasteiger partial charge on any atom is 0.164 e. The second-order valence-electron chi connectivity index (χ2n) is 5.64. The highest BCUT2D eigenvalue weighted by Gasteiger charge is 2.53. The molecule has 2 N–H and O–H groups in total. The first-order valence-electron chi connectivity index (χ1n) is 6.21. The molecule has 0 aromatic rings. The zero-order chi connectivity index (χ0) is 13.6. The zero-order valence-electron chi connectivity index (χ0n) is 11.3. The van der Waals surface area contributed by atoms with Crippen LogP contribution < -0.4 is 0 Å². The summed E-state index contributed by atoms with van der Waals surface area (Å²) in [6.45, 7) is 6.81. The van der Waals surface area contributed by atoms with Gasteiger partial charge in [0.25, 0.3) is 0 Å². The van der Waals surface area contributed by atoms with Crippen LogP contribution in [0.4, 0.5) is 0 Å². The van der Waals surface area contributed by atoms with Crippen LogP contribution in [0, 0.1) is 0 Å². The van der Waals surface area contributed by atoms with Crippen molar-refractivity contribution < 1.29 is 29.2 Å². The van der Waals surface area contributed by atoms with E-state index in [1.165, 1.54) is 0 Å². The molecule has 2 fully saturated rings. The van der Waals surface area contributed by atoms with Crippen LogP contribution in [0.1, 0.15) is 27.7 Å². The van der Waals surface area contributed by atoms with Crippen molar-refractivity contribution >= 4 is 0 Å². The lowest BCUT2D eigenvalue weighted by atomic mass is 10.0. The van der Waals surface area contributed by atoms with E-state index in [1.807, 2.05) is 0 Å². The molecule has 6 heteroatoms. The van der Waals surface area contributed by atoms with Gasteiger partial charge in [0.15, 0.2) is 11.6 Å². The van der Waals surface area contributed by atoms with Gasteiger partial charge in [0.05, 0.1) is 13.2 Å². The Bertz CT molecular complexity index is 273. The first-order valence-corrected chi connectivity index (χ1v) is 6.21. The van der Waals surface area contributed by atoms with Gasteiger partial charge in [0.1, 0.15) is 24.4 Å². The Morgan fingerprint density at radius 3 is 1.33 bits per heavy atom. The van der Waals surface area contributed by atoms with Gasteiger partial charge in [-0.2, -0.15) is 0 Å². The molecule has 0 aliphatic carbocycles. The number of aliphatic hydroxyl groups is 2. The van der Waals surface area contributed by atoms with Gasteiger partial charge in [-0.25, -0.2) is 0 Å². The molecule has 0 aromatic heterocycles. The molecule has 0 spiro atoms. The molecule has 0 radical (unpaired) electrons. The van der Waals surface area contributed by atoms with Crippen LogP contribution in [0.3, 0.4) is 0 Å². The molecule has 6 nitrogen and oxygen atoms in total. The average Bonchev–Trinajstić information content (AvgIpc) is 2.74. The third-order valence-corrected chi connectivity index (χ3v) is 3.13. The van der Waals surface area contributed by atoms with E-state index in [-0.39, 0.29) is 13.2 Å². The monoisotopic (exact) mass is 262 g/mol. The normalized spacial score (nSPS) is 42.3. The van der Waals surface area contributed by atoms with Crippen LogP contribution in [-0.2, 0) is 18.9 Å². The average molecular weight is 262 g/mol. The van der Waals surface area contributed by atoms with E-state index < -0.39 is 36.0 Å². The molecular weight excluding hydrogens is 240 g/mol. The van der Waals surface area contributed by atoms with Crippen LogP contribution in [-0.4, -0.2) is 59.4 Å². The van der Waals surface area contributed by atoms with Crippen molar-refractivity contribution in [2.75, 3.05) is 13.2 Å². The minimum atomic E-state index is -0.770. The topological polar surface area (TPSA) is 77.4 Å². The van der Waals surface area contributed by atoms with Crippen molar-refractivity contribution in [3.8, 4) is 0 Å². The van der Waals surface area contributed by atoms with E-state index >= 15 is 0 Å². The third kappa shape index (κ3) is 2.68. The fourth-order valence-corrected chi connectivity index (χ4v) is 2.57. The Hall–Kier alpha value is -0.240. The minimum Gasteiger partial charge on any atom is -0.394 e. The van der Waals surface area contributed by atoms with Crippen LogP contribution in [0.2, 0.25) is 0 Å². The van der Waals surface area contributed by atoms with Crippen LogP contribution in [0.15, 0.2) is 0 Å². The minimum absolute atomic E-state index is 0.160. The molecule has 106 valence electrons. The Balaban J connectivity index is 2.15. The lowest BCUT2D eigenvalue weighted by Crippen LogP contribution is -2.44. The summed E-state index contributed by atoms with van der Waals surface area (Å²) in [6.07, 6.45) is -1.86. The standard InChI is InChI=1S/C12H22O6/c1-11(2)15-7(5-13)9(17-11)10-8(6-14)16-12(3,4)18-10/h7-10,13-14H,5-6H2,1-4H3/t7?,8?,9-,10?/m1/s1. The Labute approximate surface area is 107 Å². The van der Waals surface area contributed by atoms with Crippen molar-refractivity contribution in [1.29, 1.82) is 0 Å². The molecule has 2 rings (SSSR count). The molecule has 2 heterocycles. The molecule has 18 heavy (non-hydrogen) atoms. The zero-order valence-corrected chi connectivity index (χ0v) is 11.3. The number of rotatable bonds is 3. The number of aliphatic hydroxyl groups excluding tert-OH is 2. The maximum atomic E-state index is 9.35. The number of hydrogen-bond acceptors (Lipinski definition) is 6. The fraction of sp³-hybridized carbons (Fsp3) is 1.00. The van der Waals surface area contributed by atoms with E-state index in [9.17, 15) is 10.2 Å². The Morgan fingerprint density at radius 1 is 0.722 bits per heavy atom. The highest BCUT2D eigenvalue weighted by Crippen LogP contribution is 2.38. The molecule has 3 unspecified atom stereocenters. The number of hydrogen-bond donors (Lipinski definition) is 2. The summed E-state index contributed by atoms with van der Waals surface area (Å²) in [7, 11) is 0. The predicted octanol–water partition coefficient (Wildman–Crippen LogP) is 0.0112. The molecule has 2 saturated heterocycles. The quantitative estimate of drug-likeness (QED) is 0.746. The first kappa shape index (κ1) is 14.2. The van der Waals surface area contributed by atoms with Gasteiger partial charge in [0.2, 0.25) is 0 Å². The van der Waals surface area contributed by atoms with Crippen LogP contribution in [0.5, 0.6) is 0 Å². The van der Waals surface area contributed by atoms with Gasteiger partial charge < -0.3 is 29.2 Å². The molecule has 2 aliphatic heterocycles. The first-order chi connectivity index (χ1) is 8.28. The summed E-state index contributed by atoms with van der Waals surface area (Å²) in [5, 5.41) is 18.7. The second-order valence-corrected chi connectivity index (χ2v) is 5.64. The van der Waals surface area contributed by atoms with Gasteiger partial charge in [-0.05, 0) is 27.7 Å². The van der Waals surface area contributed by atoms with E-state index in [1.54, 1.807) is 27.7 Å². The maximum absolute atomic E-state index is 9.35. The van der Waals surface area contributed by atoms with E-state index in [4.69, 9.17) is 18.9 Å². The van der Waals surface area contributed by atoms with Crippen LogP contribution in [0.25, 0.3) is 0 Å². The lowest BCUT2D eigenvalue weighted by molar-refractivity contribution is -0.175. The van der Waals surface area contributed by atoms with Crippen molar-refractivity contribution in [3.63, 3.8) is 0 Å². The van der Waals surface area contributed by atoms with Crippen molar-refractivity contribution in [3.05, 3.63) is 0 Å². The molecule has 0 amide bonds. The van der Waals surface area contributed by atoms with Crippen LogP contribution >= 0.6 is 0 Å². The van der Waals surface area contributed by atoms with E-state index in [0.717, 1.165) is 0 Å². The third-order valence-electron chi connectivity index (χ3n) is 3.13. The predicted molar refractivity (Wildman–Crippen MR) is 61.8 cm³/mol. The van der Waals surface area contributed by atoms with E-state index in [2.05, 4.69) is 0 Å². The fourth-order valence-electron chi connectivity index (χ4n) is 2.57. The van der Waals surface area contributed by atoms with Crippen molar-refractivity contribution in [1.82, 2.24) is 0 Å².